The standard InChI is InChI=1S/C15H23N3O2/c1-18(2)10-11-5-4-6-12(7-11)17-15(19)14-8-13(20-3)9-16-14/h4-7,13-14,16H,8-10H2,1-3H3,(H,17,19). The molecule has 5 nitrogen and oxygen atoms in total. The van der Waals surface area contributed by atoms with E-state index in [1.807, 2.05) is 32.3 Å². The fourth-order valence-electron chi connectivity index (χ4n) is 2.42. The summed E-state index contributed by atoms with van der Waals surface area (Å²) in [7, 11) is 5.73. The predicted octanol–water partition coefficient (Wildman–Crippen LogP) is 1.06. The Labute approximate surface area is 120 Å². The van der Waals surface area contributed by atoms with Crippen molar-refractivity contribution < 1.29 is 9.53 Å². The van der Waals surface area contributed by atoms with Gasteiger partial charge in [0, 0.05) is 25.9 Å². The van der Waals surface area contributed by atoms with Gasteiger partial charge < -0.3 is 20.3 Å². The lowest BCUT2D eigenvalue weighted by Crippen LogP contribution is -2.35. The van der Waals surface area contributed by atoms with E-state index in [1.165, 1.54) is 5.56 Å². The van der Waals surface area contributed by atoms with E-state index in [9.17, 15) is 4.79 Å². The molecule has 0 spiro atoms. The third-order valence-electron chi connectivity index (χ3n) is 3.43. The number of anilines is 1. The Morgan fingerprint density at radius 3 is 2.95 bits per heavy atom. The summed E-state index contributed by atoms with van der Waals surface area (Å²) in [5.41, 5.74) is 2.03. The van der Waals surface area contributed by atoms with Gasteiger partial charge in [-0.1, -0.05) is 12.1 Å². The molecule has 1 aliphatic heterocycles. The largest absolute Gasteiger partial charge is 0.380 e. The number of carbonyl (C=O) groups excluding carboxylic acids is 1. The topological polar surface area (TPSA) is 53.6 Å². The van der Waals surface area contributed by atoms with Crippen molar-refractivity contribution in [2.75, 3.05) is 33.1 Å². The van der Waals surface area contributed by atoms with Crippen LogP contribution in [0.15, 0.2) is 24.3 Å². The van der Waals surface area contributed by atoms with Crippen LogP contribution in [0, 0.1) is 0 Å². The van der Waals surface area contributed by atoms with Crippen LogP contribution in [-0.2, 0) is 16.1 Å². The monoisotopic (exact) mass is 277 g/mol. The molecule has 2 atom stereocenters. The van der Waals surface area contributed by atoms with Crippen LogP contribution >= 0.6 is 0 Å². The molecule has 1 saturated heterocycles. The van der Waals surface area contributed by atoms with Crippen molar-refractivity contribution in [3.63, 3.8) is 0 Å². The molecule has 0 radical (unpaired) electrons. The number of ether oxygens (including phenoxy) is 1. The molecule has 5 heteroatoms. The zero-order chi connectivity index (χ0) is 14.5. The zero-order valence-electron chi connectivity index (χ0n) is 12.3. The van der Waals surface area contributed by atoms with Crippen molar-refractivity contribution in [1.29, 1.82) is 0 Å². The van der Waals surface area contributed by atoms with Gasteiger partial charge in [0.15, 0.2) is 0 Å². The summed E-state index contributed by atoms with van der Waals surface area (Å²) < 4.78 is 5.26. The number of amides is 1. The fourth-order valence-corrected chi connectivity index (χ4v) is 2.42. The minimum Gasteiger partial charge on any atom is -0.380 e. The normalized spacial score (nSPS) is 22.2. The summed E-state index contributed by atoms with van der Waals surface area (Å²) in [5.74, 6) is 0.00607. The number of carbonyl (C=O) groups is 1. The lowest BCUT2D eigenvalue weighted by Gasteiger charge is -2.14. The average molecular weight is 277 g/mol. The SMILES string of the molecule is COC1CNC(C(=O)Nc2cccc(CN(C)C)c2)C1. The first-order valence-corrected chi connectivity index (χ1v) is 6.89. The van der Waals surface area contributed by atoms with Crippen LogP contribution in [0.4, 0.5) is 5.69 Å². The molecule has 0 aliphatic carbocycles. The summed E-state index contributed by atoms with van der Waals surface area (Å²) in [6, 6.07) is 7.79. The maximum Gasteiger partial charge on any atom is 0.241 e. The second-order valence-corrected chi connectivity index (χ2v) is 5.48. The molecule has 2 unspecified atom stereocenters. The van der Waals surface area contributed by atoms with Crippen LogP contribution in [0.2, 0.25) is 0 Å². The number of nitrogens with one attached hydrogen (secondary N) is 2. The Morgan fingerprint density at radius 1 is 1.50 bits per heavy atom. The molecule has 2 N–H and O–H groups in total. The van der Waals surface area contributed by atoms with Crippen LogP contribution in [0.5, 0.6) is 0 Å². The highest BCUT2D eigenvalue weighted by Crippen LogP contribution is 2.15. The van der Waals surface area contributed by atoms with Gasteiger partial charge >= 0.3 is 0 Å². The first kappa shape index (κ1) is 15.0. The third-order valence-corrected chi connectivity index (χ3v) is 3.43. The van der Waals surface area contributed by atoms with E-state index in [0.29, 0.717) is 0 Å². The number of benzene rings is 1. The second-order valence-electron chi connectivity index (χ2n) is 5.48. The number of nitrogens with zero attached hydrogens (tertiary/aromatic N) is 1. The summed E-state index contributed by atoms with van der Waals surface area (Å²) in [6.45, 7) is 1.59. The zero-order valence-corrected chi connectivity index (χ0v) is 12.3. The molecular weight excluding hydrogens is 254 g/mol. The van der Waals surface area contributed by atoms with Crippen LogP contribution in [-0.4, -0.2) is 50.7 Å². The minimum atomic E-state index is -0.169. The molecule has 2 rings (SSSR count). The Kier molecular flexibility index (Phi) is 5.11. The van der Waals surface area contributed by atoms with Gasteiger partial charge in [-0.05, 0) is 38.2 Å². The summed E-state index contributed by atoms with van der Waals surface area (Å²) in [5, 5.41) is 6.15. The Bertz CT molecular complexity index is 462. The molecule has 1 aromatic carbocycles. The van der Waals surface area contributed by atoms with Gasteiger partial charge in [0.1, 0.15) is 0 Å². The number of methoxy groups -OCH3 is 1. The Morgan fingerprint density at radius 2 is 2.30 bits per heavy atom. The number of hydrogen-bond donors (Lipinski definition) is 2. The lowest BCUT2D eigenvalue weighted by molar-refractivity contribution is -0.118. The van der Waals surface area contributed by atoms with Gasteiger partial charge in [-0.25, -0.2) is 0 Å². The van der Waals surface area contributed by atoms with Gasteiger partial charge in [-0.3, -0.25) is 4.79 Å². The number of rotatable bonds is 5. The van der Waals surface area contributed by atoms with Crippen LogP contribution < -0.4 is 10.6 Å². The molecule has 110 valence electrons. The first-order valence-electron chi connectivity index (χ1n) is 6.89. The molecule has 1 amide bonds. The molecule has 1 heterocycles. The van der Waals surface area contributed by atoms with E-state index in [1.54, 1.807) is 7.11 Å². The highest BCUT2D eigenvalue weighted by molar-refractivity contribution is 5.95. The van der Waals surface area contributed by atoms with E-state index in [-0.39, 0.29) is 18.1 Å². The molecule has 0 bridgehead atoms. The fraction of sp³-hybridized carbons (Fsp3) is 0.533. The summed E-state index contributed by atoms with van der Waals surface area (Å²) >= 11 is 0. The van der Waals surface area contributed by atoms with Crippen LogP contribution in [0.3, 0.4) is 0 Å². The van der Waals surface area contributed by atoms with Crippen molar-refractivity contribution >= 4 is 11.6 Å². The van der Waals surface area contributed by atoms with Gasteiger partial charge in [-0.15, -0.1) is 0 Å². The number of hydrogen-bond acceptors (Lipinski definition) is 4. The molecule has 0 aromatic heterocycles. The maximum absolute atomic E-state index is 12.2. The van der Waals surface area contributed by atoms with Crippen LogP contribution in [0.1, 0.15) is 12.0 Å². The van der Waals surface area contributed by atoms with Gasteiger partial charge in [0.2, 0.25) is 5.91 Å². The first-order chi connectivity index (χ1) is 9.58. The van der Waals surface area contributed by atoms with Gasteiger partial charge in [0.25, 0.3) is 0 Å². The lowest BCUT2D eigenvalue weighted by atomic mass is 10.1. The smallest absolute Gasteiger partial charge is 0.241 e. The molecule has 1 fully saturated rings. The van der Waals surface area contributed by atoms with Crippen molar-refractivity contribution in [3.8, 4) is 0 Å². The molecular formula is C15H23N3O2. The van der Waals surface area contributed by atoms with Crippen molar-refractivity contribution in [2.24, 2.45) is 0 Å². The predicted molar refractivity (Wildman–Crippen MR) is 79.7 cm³/mol. The Balaban J connectivity index is 1.94. The molecule has 1 aromatic rings. The van der Waals surface area contributed by atoms with E-state index >= 15 is 0 Å². The van der Waals surface area contributed by atoms with E-state index < -0.39 is 0 Å². The summed E-state index contributed by atoms with van der Waals surface area (Å²) in [6.07, 6.45) is 0.852. The maximum atomic E-state index is 12.2. The van der Waals surface area contributed by atoms with E-state index in [0.717, 1.165) is 25.2 Å². The molecule has 20 heavy (non-hydrogen) atoms. The highest BCUT2D eigenvalue weighted by Gasteiger charge is 2.29. The van der Waals surface area contributed by atoms with Gasteiger partial charge in [0.05, 0.1) is 12.1 Å². The summed E-state index contributed by atoms with van der Waals surface area (Å²) in [4.78, 5) is 14.3. The average Bonchev–Trinajstić information content (AvgIpc) is 2.87. The van der Waals surface area contributed by atoms with E-state index in [2.05, 4.69) is 21.6 Å². The molecule has 0 saturated carbocycles. The second kappa shape index (κ2) is 6.83. The quantitative estimate of drug-likeness (QED) is 0.845. The Hall–Kier alpha value is -1.43. The minimum absolute atomic E-state index is 0.00607. The third kappa shape index (κ3) is 4.03. The van der Waals surface area contributed by atoms with Gasteiger partial charge in [-0.2, -0.15) is 0 Å². The van der Waals surface area contributed by atoms with Crippen molar-refractivity contribution in [1.82, 2.24) is 10.2 Å². The van der Waals surface area contributed by atoms with Crippen LogP contribution in [0.25, 0.3) is 0 Å². The molecule has 1 aliphatic rings. The van der Waals surface area contributed by atoms with Crippen molar-refractivity contribution in [2.45, 2.75) is 25.1 Å². The highest BCUT2D eigenvalue weighted by atomic mass is 16.5. The van der Waals surface area contributed by atoms with E-state index in [4.69, 9.17) is 4.74 Å². The van der Waals surface area contributed by atoms with Crippen molar-refractivity contribution in [3.05, 3.63) is 29.8 Å².